The van der Waals surface area contributed by atoms with Crippen LogP contribution in [0.4, 0.5) is 4.39 Å². The van der Waals surface area contributed by atoms with E-state index in [-0.39, 0.29) is 11.7 Å². The lowest BCUT2D eigenvalue weighted by Crippen LogP contribution is -2.31. The fourth-order valence-electron chi connectivity index (χ4n) is 4.22. The average molecular weight is 369 g/mol. The van der Waals surface area contributed by atoms with Crippen LogP contribution in [0.3, 0.4) is 0 Å². The van der Waals surface area contributed by atoms with Crippen LogP contribution in [0.2, 0.25) is 0 Å². The predicted octanol–water partition coefficient (Wildman–Crippen LogP) is 5.01. The van der Waals surface area contributed by atoms with E-state index >= 15 is 0 Å². The van der Waals surface area contributed by atoms with E-state index in [1.165, 1.54) is 17.2 Å². The van der Waals surface area contributed by atoms with Crippen molar-refractivity contribution in [2.24, 2.45) is 0 Å². The zero-order chi connectivity index (χ0) is 19.1. The molecule has 0 radical (unpaired) electrons. The van der Waals surface area contributed by atoms with Gasteiger partial charge in [-0.2, -0.15) is 10.2 Å². The van der Waals surface area contributed by atoms with Crippen LogP contribution in [0.25, 0.3) is 22.0 Å². The maximum absolute atomic E-state index is 14.3. The molecule has 0 bridgehead atoms. The molecule has 0 N–H and O–H groups in total. The highest BCUT2D eigenvalue weighted by atomic mass is 19.1. The second-order valence-corrected chi connectivity index (χ2v) is 7.49. The first kappa shape index (κ1) is 17.0. The molecule has 3 aromatic carbocycles. The predicted molar refractivity (Wildman–Crippen MR) is 110 cm³/mol. The Morgan fingerprint density at radius 3 is 2.79 bits per heavy atom. The van der Waals surface area contributed by atoms with Crippen LogP contribution in [0.1, 0.15) is 22.6 Å². The van der Waals surface area contributed by atoms with Gasteiger partial charge in [0.25, 0.3) is 0 Å². The molecule has 0 aliphatic carbocycles. The normalized spacial score (nSPS) is 16.9. The quantitative estimate of drug-likeness (QED) is 0.497. The summed E-state index contributed by atoms with van der Waals surface area (Å²) in [6.45, 7) is 1.80. The fourth-order valence-corrected chi connectivity index (χ4v) is 4.22. The van der Waals surface area contributed by atoms with Gasteiger partial charge in [-0.1, -0.05) is 36.4 Å². The van der Waals surface area contributed by atoms with E-state index in [0.717, 1.165) is 35.3 Å². The number of hydrogen-bond acceptors (Lipinski definition) is 3. The lowest BCUT2D eigenvalue weighted by atomic mass is 9.83. The number of rotatable bonds is 2. The van der Waals surface area contributed by atoms with Crippen LogP contribution >= 0.6 is 0 Å². The summed E-state index contributed by atoms with van der Waals surface area (Å²) in [5.74, 6) is 0.0513. The molecule has 1 unspecified atom stereocenters. The molecule has 1 aliphatic rings. The molecule has 1 aromatic heterocycles. The van der Waals surface area contributed by atoms with E-state index < -0.39 is 0 Å². The Bertz CT molecular complexity index is 1160. The molecule has 1 atom stereocenters. The van der Waals surface area contributed by atoms with Crippen molar-refractivity contribution in [3.63, 3.8) is 0 Å². The third kappa shape index (κ3) is 2.96. The first-order valence-corrected chi connectivity index (χ1v) is 9.47. The molecule has 0 saturated carbocycles. The molecule has 0 spiro atoms. The van der Waals surface area contributed by atoms with Crippen molar-refractivity contribution in [3.8, 4) is 11.3 Å². The van der Waals surface area contributed by atoms with Gasteiger partial charge < -0.3 is 4.90 Å². The maximum atomic E-state index is 14.3. The van der Waals surface area contributed by atoms with Crippen LogP contribution in [-0.4, -0.2) is 28.7 Å². The summed E-state index contributed by atoms with van der Waals surface area (Å²) in [6.07, 6.45) is 1.69. The van der Waals surface area contributed by atoms with E-state index in [1.54, 1.807) is 12.3 Å². The van der Waals surface area contributed by atoms with Gasteiger partial charge in [0, 0.05) is 36.2 Å². The average Bonchev–Trinajstić information content (AvgIpc) is 2.73. The Hall–Kier alpha value is -3.11. The van der Waals surface area contributed by atoms with Crippen LogP contribution in [0.5, 0.6) is 0 Å². The highest BCUT2D eigenvalue weighted by Gasteiger charge is 2.25. The summed E-state index contributed by atoms with van der Waals surface area (Å²) >= 11 is 0. The fraction of sp³-hybridized carbons (Fsp3) is 0.167. The molecule has 3 nitrogen and oxygen atoms in total. The molecular formula is C24H20FN3. The van der Waals surface area contributed by atoms with Crippen LogP contribution in [0, 0.1) is 5.82 Å². The smallest absolute Gasteiger partial charge is 0.131 e. The third-order valence-corrected chi connectivity index (χ3v) is 5.58. The van der Waals surface area contributed by atoms with Gasteiger partial charge in [0.1, 0.15) is 5.82 Å². The standard InChI is InChI=1S/C24H20FN3/c1-28-14-19-12-18(24-6-3-11-26-27-24)9-10-20(19)22(15-28)17-8-7-16-4-2-5-23(25)21(16)13-17/h2-13,22H,14-15H2,1H3. The third-order valence-electron chi connectivity index (χ3n) is 5.58. The largest absolute Gasteiger partial charge is 0.301 e. The van der Waals surface area contributed by atoms with Gasteiger partial charge in [0.2, 0.25) is 0 Å². The Labute approximate surface area is 163 Å². The highest BCUT2D eigenvalue weighted by Crippen LogP contribution is 2.36. The van der Waals surface area contributed by atoms with Gasteiger partial charge >= 0.3 is 0 Å². The van der Waals surface area contributed by atoms with E-state index in [4.69, 9.17) is 0 Å². The summed E-state index contributed by atoms with van der Waals surface area (Å²) in [6, 6.07) is 21.8. The van der Waals surface area contributed by atoms with E-state index in [0.29, 0.717) is 5.39 Å². The minimum absolute atomic E-state index is 0.165. The lowest BCUT2D eigenvalue weighted by Gasteiger charge is -2.33. The number of benzene rings is 3. The minimum atomic E-state index is -0.165. The second-order valence-electron chi connectivity index (χ2n) is 7.49. The zero-order valence-corrected chi connectivity index (χ0v) is 15.6. The Morgan fingerprint density at radius 2 is 1.93 bits per heavy atom. The topological polar surface area (TPSA) is 29.0 Å². The van der Waals surface area contributed by atoms with Crippen LogP contribution in [0.15, 0.2) is 72.9 Å². The number of aromatic nitrogens is 2. The first-order chi connectivity index (χ1) is 13.7. The molecule has 2 heterocycles. The molecule has 28 heavy (non-hydrogen) atoms. The number of fused-ring (bicyclic) bond motifs is 2. The summed E-state index contributed by atoms with van der Waals surface area (Å²) in [4.78, 5) is 2.32. The zero-order valence-electron chi connectivity index (χ0n) is 15.6. The maximum Gasteiger partial charge on any atom is 0.131 e. The molecule has 0 fully saturated rings. The van der Waals surface area contributed by atoms with Crippen molar-refractivity contribution >= 4 is 10.8 Å². The van der Waals surface area contributed by atoms with E-state index in [9.17, 15) is 4.39 Å². The van der Waals surface area contributed by atoms with Crippen LogP contribution in [-0.2, 0) is 6.54 Å². The number of likely N-dealkylation sites (N-methyl/N-ethyl adjacent to an activating group) is 1. The number of nitrogens with zero attached hydrogens (tertiary/aromatic N) is 3. The van der Waals surface area contributed by atoms with Crippen molar-refractivity contribution in [2.75, 3.05) is 13.6 Å². The Morgan fingerprint density at radius 1 is 1.00 bits per heavy atom. The second kappa shape index (κ2) is 6.80. The summed E-state index contributed by atoms with van der Waals surface area (Å²) in [5, 5.41) is 9.85. The number of hydrogen-bond donors (Lipinski definition) is 0. The Kier molecular flexibility index (Phi) is 4.14. The monoisotopic (exact) mass is 369 g/mol. The van der Waals surface area contributed by atoms with Gasteiger partial charge in [0.15, 0.2) is 0 Å². The van der Waals surface area contributed by atoms with Crippen molar-refractivity contribution in [3.05, 3.63) is 95.4 Å². The lowest BCUT2D eigenvalue weighted by molar-refractivity contribution is 0.295. The molecule has 0 saturated heterocycles. The molecule has 4 heteroatoms. The van der Waals surface area contributed by atoms with Gasteiger partial charge in [-0.25, -0.2) is 4.39 Å². The molecule has 5 rings (SSSR count). The summed E-state index contributed by atoms with van der Waals surface area (Å²) in [7, 11) is 2.13. The van der Waals surface area contributed by atoms with Gasteiger partial charge in [-0.05, 0) is 59.5 Å². The van der Waals surface area contributed by atoms with Gasteiger partial charge in [-0.3, -0.25) is 0 Å². The van der Waals surface area contributed by atoms with E-state index in [1.807, 2.05) is 30.3 Å². The molecule has 1 aliphatic heterocycles. The summed E-state index contributed by atoms with van der Waals surface area (Å²) in [5.41, 5.74) is 5.70. The van der Waals surface area contributed by atoms with Gasteiger partial charge in [0.05, 0.1) is 5.69 Å². The van der Waals surface area contributed by atoms with Gasteiger partial charge in [-0.15, -0.1) is 0 Å². The van der Waals surface area contributed by atoms with E-state index in [2.05, 4.69) is 46.4 Å². The molecule has 0 amide bonds. The summed E-state index contributed by atoms with van der Waals surface area (Å²) < 4.78 is 14.3. The van der Waals surface area contributed by atoms with Crippen molar-refractivity contribution < 1.29 is 4.39 Å². The van der Waals surface area contributed by atoms with Crippen molar-refractivity contribution in [2.45, 2.75) is 12.5 Å². The Balaban J connectivity index is 1.60. The highest BCUT2D eigenvalue weighted by molar-refractivity contribution is 5.84. The molecular weight excluding hydrogens is 349 g/mol. The number of halogens is 1. The van der Waals surface area contributed by atoms with Crippen molar-refractivity contribution in [1.29, 1.82) is 0 Å². The minimum Gasteiger partial charge on any atom is -0.301 e. The SMILES string of the molecule is CN1Cc2cc(-c3cccnn3)ccc2C(c2ccc3cccc(F)c3c2)C1. The van der Waals surface area contributed by atoms with Crippen molar-refractivity contribution in [1.82, 2.24) is 15.1 Å². The van der Waals surface area contributed by atoms with Crippen LogP contribution < -0.4 is 0 Å². The molecule has 4 aromatic rings. The first-order valence-electron chi connectivity index (χ1n) is 9.47. The molecule has 138 valence electrons.